The molecule has 0 aliphatic carbocycles. The van der Waals surface area contributed by atoms with Crippen molar-refractivity contribution in [2.75, 3.05) is 67.5 Å². The molecule has 6 heterocycles. The van der Waals surface area contributed by atoms with Crippen LogP contribution in [0, 0.1) is 11.7 Å². The normalized spacial score (nSPS) is 20.4. The zero-order valence-corrected chi connectivity index (χ0v) is 31.6. The lowest BCUT2D eigenvalue weighted by Crippen LogP contribution is -2.49. The Morgan fingerprint density at radius 2 is 1.68 bits per heavy atom. The minimum atomic E-state index is -0.414. The summed E-state index contributed by atoms with van der Waals surface area (Å²) in [6, 6.07) is 11.9. The van der Waals surface area contributed by atoms with Gasteiger partial charge >= 0.3 is 6.03 Å². The monoisotopic (exact) mass is 760 g/mol. The highest BCUT2D eigenvalue weighted by Gasteiger charge is 2.30. The van der Waals surface area contributed by atoms with Gasteiger partial charge in [0.25, 0.3) is 0 Å². The first-order valence-corrected chi connectivity index (χ1v) is 19.9. The van der Waals surface area contributed by atoms with Crippen molar-refractivity contribution in [3.8, 4) is 0 Å². The third kappa shape index (κ3) is 8.25. The van der Waals surface area contributed by atoms with Gasteiger partial charge < -0.3 is 15.1 Å². The van der Waals surface area contributed by atoms with Gasteiger partial charge in [-0.15, -0.1) is 0 Å². The van der Waals surface area contributed by atoms with Crippen LogP contribution in [0.2, 0.25) is 5.02 Å². The van der Waals surface area contributed by atoms with E-state index in [4.69, 9.17) is 11.6 Å². The molecule has 4 saturated heterocycles. The second-order valence-electron chi connectivity index (χ2n) is 14.8. The Labute approximate surface area is 318 Å². The van der Waals surface area contributed by atoms with Crippen LogP contribution < -0.4 is 20.4 Å². The smallest absolute Gasteiger partial charge is 0.329 e. The highest BCUT2D eigenvalue weighted by Crippen LogP contribution is 2.36. The summed E-state index contributed by atoms with van der Waals surface area (Å²) in [7, 11) is 1.91. The van der Waals surface area contributed by atoms with Crippen molar-refractivity contribution in [1.29, 1.82) is 0 Å². The Hall–Kier alpha value is -3.98. The Balaban J connectivity index is 0.794. The van der Waals surface area contributed by atoms with Crippen molar-refractivity contribution in [2.45, 2.75) is 61.8 Å². The molecule has 0 atom stereocenters. The van der Waals surface area contributed by atoms with Crippen molar-refractivity contribution in [3.63, 3.8) is 0 Å². The predicted octanol–water partition coefficient (Wildman–Crippen LogP) is 6.28. The van der Waals surface area contributed by atoms with Gasteiger partial charge in [0.1, 0.15) is 5.82 Å². The van der Waals surface area contributed by atoms with Gasteiger partial charge in [-0.1, -0.05) is 17.7 Å². The number of hydrogen-bond acceptors (Lipinski definition) is 10. The van der Waals surface area contributed by atoms with Crippen LogP contribution in [-0.2, 0) is 11.8 Å². The molecule has 3 amide bonds. The van der Waals surface area contributed by atoms with Crippen molar-refractivity contribution in [2.24, 2.45) is 13.0 Å². The largest absolute Gasteiger partial charge is 0.369 e. The lowest BCUT2D eigenvalue weighted by atomic mass is 9.88. The number of fused-ring (bicyclic) bond motifs is 1. The maximum absolute atomic E-state index is 15.2. The molecule has 12 nitrogen and oxygen atoms in total. The second-order valence-corrected chi connectivity index (χ2v) is 16.4. The number of halogens is 2. The summed E-state index contributed by atoms with van der Waals surface area (Å²) in [5.74, 6) is 1.91. The van der Waals surface area contributed by atoms with Gasteiger partial charge in [0.2, 0.25) is 11.9 Å². The number of hydrogen-bond donors (Lipinski definition) is 2. The molecule has 2 aromatic heterocycles. The van der Waals surface area contributed by atoms with E-state index in [0.29, 0.717) is 41.2 Å². The number of aryl methyl sites for hydroxylation is 1. The summed E-state index contributed by atoms with van der Waals surface area (Å²) >= 11 is 7.63. The van der Waals surface area contributed by atoms with Crippen LogP contribution in [0.15, 0.2) is 53.7 Å². The highest BCUT2D eigenvalue weighted by atomic mass is 35.5. The molecule has 0 saturated carbocycles. The van der Waals surface area contributed by atoms with Gasteiger partial charge in [0.05, 0.1) is 28.6 Å². The van der Waals surface area contributed by atoms with Crippen LogP contribution >= 0.6 is 23.5 Å². The van der Waals surface area contributed by atoms with Crippen LogP contribution in [0.25, 0.3) is 10.9 Å². The van der Waals surface area contributed by atoms with E-state index < -0.39 is 6.03 Å². The maximum Gasteiger partial charge on any atom is 0.329 e. The number of rotatable bonds is 9. The van der Waals surface area contributed by atoms with E-state index in [1.165, 1.54) is 5.56 Å². The van der Waals surface area contributed by atoms with Gasteiger partial charge in [-0.2, -0.15) is 5.10 Å². The van der Waals surface area contributed by atoms with E-state index in [9.17, 15) is 9.59 Å². The molecule has 2 N–H and O–H groups in total. The van der Waals surface area contributed by atoms with E-state index >= 15 is 4.39 Å². The zero-order valence-electron chi connectivity index (χ0n) is 30.0. The molecule has 4 fully saturated rings. The highest BCUT2D eigenvalue weighted by molar-refractivity contribution is 7.97. The van der Waals surface area contributed by atoms with Crippen LogP contribution in [0.4, 0.5) is 26.6 Å². The summed E-state index contributed by atoms with van der Waals surface area (Å²) in [5, 5.41) is 11.9. The van der Waals surface area contributed by atoms with E-state index in [1.807, 2.05) is 23.9 Å². The van der Waals surface area contributed by atoms with Crippen molar-refractivity contribution >= 4 is 63.8 Å². The molecule has 0 spiro atoms. The number of anilines is 3. The zero-order chi connectivity index (χ0) is 36.5. The summed E-state index contributed by atoms with van der Waals surface area (Å²) < 4.78 is 19.4. The third-order valence-corrected chi connectivity index (χ3v) is 12.5. The SMILES string of the molecule is Cn1nc(N2CCC(=O)NC2=O)c2ccc(C3CCN(CC4CCN(c5cc(SN6CCC(Nc7ncc(Cl)cn7)CC6)ccc5F)CC4)CC3)cc21. The molecule has 0 unspecified atom stereocenters. The fourth-order valence-electron chi connectivity index (χ4n) is 8.25. The fourth-order valence-corrected chi connectivity index (χ4v) is 9.33. The topological polar surface area (TPSA) is 115 Å². The van der Waals surface area contributed by atoms with Gasteiger partial charge in [0.15, 0.2) is 5.82 Å². The maximum atomic E-state index is 15.2. The molecule has 8 rings (SSSR count). The molecule has 4 aliphatic heterocycles. The van der Waals surface area contributed by atoms with E-state index in [1.54, 1.807) is 35.3 Å². The Morgan fingerprint density at radius 1 is 0.925 bits per heavy atom. The number of likely N-dealkylation sites (tertiary alicyclic amines) is 1. The van der Waals surface area contributed by atoms with Crippen molar-refractivity contribution < 1.29 is 14.0 Å². The summed E-state index contributed by atoms with van der Waals surface area (Å²) in [4.78, 5) is 40.1. The Morgan fingerprint density at radius 3 is 2.42 bits per heavy atom. The molecule has 15 heteroatoms. The van der Waals surface area contributed by atoms with Gasteiger partial charge in [-0.25, -0.2) is 23.5 Å². The molecular formula is C38H46ClFN10O2S. The number of nitrogens with zero attached hydrogens (tertiary/aromatic N) is 8. The lowest BCUT2D eigenvalue weighted by molar-refractivity contribution is -0.120. The van der Waals surface area contributed by atoms with Gasteiger partial charge in [0, 0.05) is 69.1 Å². The second kappa shape index (κ2) is 15.8. The molecular weight excluding hydrogens is 715 g/mol. The number of carbonyl (C=O) groups is 2. The van der Waals surface area contributed by atoms with Crippen LogP contribution in [0.3, 0.4) is 0 Å². The summed E-state index contributed by atoms with van der Waals surface area (Å²) in [6.45, 7) is 7.17. The standard InChI is InChI=1S/C38H46ClFN10O2S/c1-46-33-20-27(2-4-31(33)36(45-46)50-19-12-35(51)44-38(50)52)26-8-13-47(14-9-26)24-25-6-15-48(16-7-25)34-21-30(3-5-32(34)40)53-49-17-10-29(11-18-49)43-37-41-22-28(39)23-42-37/h2-5,20-23,25-26,29H,6-19,24H2,1H3,(H,41,42,43)(H,44,51,52). The summed E-state index contributed by atoms with van der Waals surface area (Å²) in [6.07, 6.45) is 9.79. The van der Waals surface area contributed by atoms with Crippen LogP contribution in [0.1, 0.15) is 56.4 Å². The first-order valence-electron chi connectivity index (χ1n) is 18.8. The fraction of sp³-hybridized carbons (Fsp3) is 0.500. The van der Waals surface area contributed by atoms with E-state index in [0.717, 1.165) is 106 Å². The molecule has 4 aromatic rings. The molecule has 53 heavy (non-hydrogen) atoms. The van der Waals surface area contributed by atoms with E-state index in [2.05, 4.69) is 58.0 Å². The van der Waals surface area contributed by atoms with Gasteiger partial charge in [-0.3, -0.25) is 19.7 Å². The first kappa shape index (κ1) is 36.0. The molecule has 4 aliphatic rings. The number of imide groups is 1. The van der Waals surface area contributed by atoms with Crippen LogP contribution in [-0.4, -0.2) is 99.3 Å². The lowest BCUT2D eigenvalue weighted by Gasteiger charge is -2.38. The molecule has 0 bridgehead atoms. The number of piperidine rings is 3. The number of amides is 3. The minimum absolute atomic E-state index is 0.144. The molecule has 2 aromatic carbocycles. The van der Waals surface area contributed by atoms with Gasteiger partial charge in [-0.05, 0) is 111 Å². The number of nitrogens with one attached hydrogen (secondary N) is 2. The first-order chi connectivity index (χ1) is 25.8. The minimum Gasteiger partial charge on any atom is -0.369 e. The third-order valence-electron chi connectivity index (χ3n) is 11.3. The number of aromatic nitrogens is 4. The van der Waals surface area contributed by atoms with Crippen LogP contribution in [0.5, 0.6) is 0 Å². The quantitative estimate of drug-likeness (QED) is 0.189. The molecule has 0 radical (unpaired) electrons. The average Bonchev–Trinajstić information content (AvgIpc) is 3.49. The van der Waals surface area contributed by atoms with Crippen molar-refractivity contribution in [1.82, 2.24) is 34.3 Å². The van der Waals surface area contributed by atoms with Crippen molar-refractivity contribution in [3.05, 3.63) is 65.2 Å². The Kier molecular flexibility index (Phi) is 10.7. The van der Waals surface area contributed by atoms with E-state index in [-0.39, 0.29) is 18.1 Å². The number of carbonyl (C=O) groups excluding carboxylic acids is 2. The number of urea groups is 1. The number of benzene rings is 2. The summed E-state index contributed by atoms with van der Waals surface area (Å²) in [5.41, 5.74) is 3.03. The molecule has 280 valence electrons. The average molecular weight is 761 g/mol. The Bertz CT molecular complexity index is 1940. The predicted molar refractivity (Wildman–Crippen MR) is 207 cm³/mol.